The zero-order valence-corrected chi connectivity index (χ0v) is 37.3. The van der Waals surface area contributed by atoms with E-state index in [-0.39, 0.29) is 40.1 Å². The fourth-order valence-electron chi connectivity index (χ4n) is 10.4. The number of nitrogens with zero attached hydrogens (tertiary/aromatic N) is 5. The first-order valence-electron chi connectivity index (χ1n) is 22.9. The molecule has 2 aliphatic rings. The van der Waals surface area contributed by atoms with Crippen LogP contribution < -0.4 is 22.1 Å². The Morgan fingerprint density at radius 1 is 0.507 bits per heavy atom. The van der Waals surface area contributed by atoms with E-state index < -0.39 is 5.56 Å². The van der Waals surface area contributed by atoms with Gasteiger partial charge in [-0.05, 0) is 120 Å². The minimum absolute atomic E-state index is 0.161. The van der Waals surface area contributed by atoms with Gasteiger partial charge in [0.1, 0.15) is 0 Å². The van der Waals surface area contributed by atoms with Crippen molar-refractivity contribution in [3.05, 3.63) is 174 Å². The summed E-state index contributed by atoms with van der Waals surface area (Å²) in [5, 5.41) is 17.2. The van der Waals surface area contributed by atoms with Gasteiger partial charge < -0.3 is 5.11 Å². The van der Waals surface area contributed by atoms with Gasteiger partial charge in [0.15, 0.2) is 5.43 Å². The largest absolute Gasteiger partial charge is 0.494 e. The summed E-state index contributed by atoms with van der Waals surface area (Å²) in [6, 6.07) is 33.1. The topological polar surface area (TPSA) is 137 Å². The van der Waals surface area contributed by atoms with Crippen LogP contribution in [0.1, 0.15) is 76.6 Å². The molecule has 10 heteroatoms. The number of benzene rings is 6. The van der Waals surface area contributed by atoms with Crippen LogP contribution in [0.3, 0.4) is 0 Å². The average molecular weight is 878 g/mol. The van der Waals surface area contributed by atoms with Crippen LogP contribution in [-0.4, -0.2) is 29.2 Å². The molecule has 0 amide bonds. The number of pyridine rings is 5. The molecule has 0 unspecified atom stereocenters. The highest BCUT2D eigenvalue weighted by Crippen LogP contribution is 2.47. The molecule has 0 spiro atoms. The maximum absolute atomic E-state index is 14.5. The summed E-state index contributed by atoms with van der Waals surface area (Å²) in [6.07, 6.45) is 5.91. The quantitative estimate of drug-likeness (QED) is 0.0860. The number of aromatic hydroxyl groups is 1. The minimum atomic E-state index is -0.481. The van der Waals surface area contributed by atoms with E-state index in [2.05, 4.69) is 21.8 Å². The van der Waals surface area contributed by atoms with E-state index in [9.17, 15) is 24.3 Å². The van der Waals surface area contributed by atoms with Crippen LogP contribution in [-0.2, 0) is 0 Å². The predicted octanol–water partition coefficient (Wildman–Crippen LogP) is 10.9. The van der Waals surface area contributed by atoms with Gasteiger partial charge in [-0.2, -0.15) is 0 Å². The standard InChI is InChI=1S/C57H43N5O5/c1-5-35(6-2)61-54(64)39-24-22-38-51-47(63)30-42-50-40(55(65)62(57(42)67)36(7-3)8-4)23-21-37(53(50)51)48-33(27-41(56(61)66)49(39)52(38)48)20-17-31-15-18-32(19-16-31)34-28-45(43-13-9-11-25-58-43)60-46(29-34)44-14-10-12-26-59-44/h9-16,18-19,21-30,35-36,66H,5-8H2,1-4H3. The van der Waals surface area contributed by atoms with Crippen molar-refractivity contribution in [1.29, 1.82) is 0 Å². The molecule has 1 aliphatic heterocycles. The number of rotatable bonds is 9. The van der Waals surface area contributed by atoms with E-state index in [0.717, 1.165) is 28.1 Å². The average Bonchev–Trinajstić information content (AvgIpc) is 3.37. The molecular weight excluding hydrogens is 835 g/mol. The van der Waals surface area contributed by atoms with Crippen molar-refractivity contribution in [3.63, 3.8) is 0 Å². The molecule has 9 aromatic rings. The summed E-state index contributed by atoms with van der Waals surface area (Å²) < 4.78 is 2.79. The van der Waals surface area contributed by atoms with Crippen molar-refractivity contribution in [2.75, 3.05) is 0 Å². The lowest BCUT2D eigenvalue weighted by Crippen LogP contribution is -2.38. The molecule has 326 valence electrons. The molecule has 0 saturated heterocycles. The van der Waals surface area contributed by atoms with Gasteiger partial charge in [0.25, 0.3) is 16.7 Å². The van der Waals surface area contributed by atoms with Crippen LogP contribution in [0.15, 0.2) is 141 Å². The second-order valence-corrected chi connectivity index (χ2v) is 17.3. The van der Waals surface area contributed by atoms with Gasteiger partial charge in [0.05, 0.1) is 28.3 Å². The van der Waals surface area contributed by atoms with Gasteiger partial charge in [-0.1, -0.05) is 75.9 Å². The van der Waals surface area contributed by atoms with Crippen LogP contribution in [0.25, 0.3) is 98.9 Å². The minimum Gasteiger partial charge on any atom is -0.494 e. The summed E-state index contributed by atoms with van der Waals surface area (Å²) in [4.78, 5) is 71.6. The molecule has 11 rings (SSSR count). The Balaban J connectivity index is 1.16. The Kier molecular flexibility index (Phi) is 9.89. The summed E-state index contributed by atoms with van der Waals surface area (Å²) in [5.41, 5.74) is 5.13. The van der Waals surface area contributed by atoms with E-state index in [1.807, 2.05) is 113 Å². The first-order chi connectivity index (χ1) is 32.6. The lowest BCUT2D eigenvalue weighted by atomic mass is 9.82. The third-order valence-corrected chi connectivity index (χ3v) is 13.7. The van der Waals surface area contributed by atoms with Gasteiger partial charge in [0, 0.05) is 84.3 Å². The van der Waals surface area contributed by atoms with Crippen molar-refractivity contribution >= 4 is 53.9 Å². The molecule has 0 fully saturated rings. The first-order valence-corrected chi connectivity index (χ1v) is 22.9. The second kappa shape index (κ2) is 16.0. The second-order valence-electron chi connectivity index (χ2n) is 17.3. The monoisotopic (exact) mass is 877 g/mol. The molecule has 0 atom stereocenters. The molecule has 0 radical (unpaired) electrons. The lowest BCUT2D eigenvalue weighted by Gasteiger charge is -2.24. The highest BCUT2D eigenvalue weighted by atomic mass is 16.3. The van der Waals surface area contributed by atoms with E-state index in [0.29, 0.717) is 102 Å². The van der Waals surface area contributed by atoms with E-state index in [4.69, 9.17) is 4.98 Å². The molecule has 1 N–H and O–H groups in total. The van der Waals surface area contributed by atoms with E-state index in [1.165, 1.54) is 15.2 Å². The molecule has 1 aliphatic carbocycles. The molecule has 0 saturated carbocycles. The summed E-state index contributed by atoms with van der Waals surface area (Å²) >= 11 is 0. The van der Waals surface area contributed by atoms with Crippen LogP contribution >= 0.6 is 0 Å². The van der Waals surface area contributed by atoms with Crippen molar-refractivity contribution in [1.82, 2.24) is 24.1 Å². The summed E-state index contributed by atoms with van der Waals surface area (Å²) in [6.45, 7) is 7.87. The fourth-order valence-corrected chi connectivity index (χ4v) is 10.4. The molecule has 5 aromatic carbocycles. The molecule has 10 nitrogen and oxygen atoms in total. The number of hydrogen-bond donors (Lipinski definition) is 1. The van der Waals surface area contributed by atoms with Gasteiger partial charge in [-0.25, -0.2) is 4.98 Å². The third-order valence-electron chi connectivity index (χ3n) is 13.7. The molecular formula is C57H43N5O5. The number of fused-ring (bicyclic) bond motifs is 2. The number of hydrogen-bond acceptors (Lipinski definition) is 8. The van der Waals surface area contributed by atoms with E-state index in [1.54, 1.807) is 30.6 Å². The van der Waals surface area contributed by atoms with E-state index >= 15 is 0 Å². The van der Waals surface area contributed by atoms with Crippen LogP contribution in [0.2, 0.25) is 0 Å². The Labute approximate surface area is 383 Å². The molecule has 0 bridgehead atoms. The zero-order chi connectivity index (χ0) is 46.2. The molecule has 5 heterocycles. The Hall–Kier alpha value is -8.29. The maximum Gasteiger partial charge on any atom is 0.261 e. The summed E-state index contributed by atoms with van der Waals surface area (Å²) in [7, 11) is 0. The van der Waals surface area contributed by atoms with Gasteiger partial charge in [0.2, 0.25) is 5.88 Å². The van der Waals surface area contributed by atoms with Crippen molar-refractivity contribution in [3.8, 4) is 62.8 Å². The Morgan fingerprint density at radius 3 is 1.70 bits per heavy atom. The summed E-state index contributed by atoms with van der Waals surface area (Å²) in [5.74, 6) is 6.68. The normalized spacial score (nSPS) is 12.0. The lowest BCUT2D eigenvalue weighted by molar-refractivity contribution is 0.362. The smallest absolute Gasteiger partial charge is 0.261 e. The van der Waals surface area contributed by atoms with Gasteiger partial charge in [-0.15, -0.1) is 0 Å². The highest BCUT2D eigenvalue weighted by Gasteiger charge is 2.30. The van der Waals surface area contributed by atoms with Gasteiger partial charge in [-0.3, -0.25) is 38.3 Å². The van der Waals surface area contributed by atoms with Crippen molar-refractivity contribution in [2.24, 2.45) is 0 Å². The Bertz CT molecular complexity index is 3960. The van der Waals surface area contributed by atoms with Crippen LogP contribution in [0.5, 0.6) is 5.88 Å². The van der Waals surface area contributed by atoms with Crippen molar-refractivity contribution in [2.45, 2.75) is 65.5 Å². The number of aromatic nitrogens is 5. The molecule has 4 aromatic heterocycles. The first kappa shape index (κ1) is 41.4. The fraction of sp³-hybridized carbons (Fsp3) is 0.175. The van der Waals surface area contributed by atoms with Crippen LogP contribution in [0, 0.1) is 11.8 Å². The Morgan fingerprint density at radius 2 is 1.09 bits per heavy atom. The third kappa shape index (κ3) is 6.29. The molecule has 67 heavy (non-hydrogen) atoms. The van der Waals surface area contributed by atoms with Crippen LogP contribution in [0.4, 0.5) is 0 Å². The van der Waals surface area contributed by atoms with Crippen molar-refractivity contribution < 1.29 is 5.11 Å². The SMILES string of the molecule is CCC(CC)n1c(O)c2cc(C#Cc3ccc(-c4cc(-c5ccccn5)nc(-c5ccccn5)c4)cc3)c3c4ccc5c6c4c(c(=O)cc-6c(=O)n(C(CC)CC)c5=O)c4ccc(c1=O)c2c43. The zero-order valence-electron chi connectivity index (χ0n) is 37.3. The predicted molar refractivity (Wildman–Crippen MR) is 268 cm³/mol. The highest BCUT2D eigenvalue weighted by molar-refractivity contribution is 6.38. The van der Waals surface area contributed by atoms with Gasteiger partial charge >= 0.3 is 0 Å². The maximum atomic E-state index is 14.5.